The summed E-state index contributed by atoms with van der Waals surface area (Å²) in [4.78, 5) is 0. The summed E-state index contributed by atoms with van der Waals surface area (Å²) in [5.41, 5.74) is -0.279. The Hall–Kier alpha value is -2.18. The Morgan fingerprint density at radius 2 is 2.10 bits per heavy atom. The van der Waals surface area contributed by atoms with Gasteiger partial charge in [-0.25, -0.2) is 8.78 Å². The van der Waals surface area contributed by atoms with Crippen molar-refractivity contribution in [3.05, 3.63) is 35.2 Å². The Morgan fingerprint density at radius 1 is 1.30 bits per heavy atom. The lowest BCUT2D eigenvalue weighted by Crippen LogP contribution is -2.05. The molecule has 0 amide bonds. The standard InChI is InChI=1S/C13H15F2N3O2/c1-2-3-4-11-17-18-13(20-11)16-7-8-9(14)5-6-10(19)12(8)15/h5-6,19H,2-4,7H2,1H3,(H,16,18). The van der Waals surface area contributed by atoms with Gasteiger partial charge in [0, 0.05) is 12.0 Å². The fraction of sp³-hybridized carbons (Fsp3) is 0.385. The van der Waals surface area contributed by atoms with Gasteiger partial charge in [0.25, 0.3) is 0 Å². The first-order valence-electron chi connectivity index (χ1n) is 6.34. The van der Waals surface area contributed by atoms with E-state index < -0.39 is 17.4 Å². The number of rotatable bonds is 6. The fourth-order valence-corrected chi connectivity index (χ4v) is 1.67. The maximum atomic E-state index is 13.5. The monoisotopic (exact) mass is 283 g/mol. The molecule has 0 aliphatic carbocycles. The van der Waals surface area contributed by atoms with Crippen LogP contribution in [0.15, 0.2) is 16.5 Å². The number of benzene rings is 1. The van der Waals surface area contributed by atoms with Gasteiger partial charge in [-0.2, -0.15) is 0 Å². The van der Waals surface area contributed by atoms with Gasteiger partial charge < -0.3 is 14.8 Å². The molecule has 0 unspecified atom stereocenters. The van der Waals surface area contributed by atoms with Crippen LogP contribution in [0.5, 0.6) is 5.75 Å². The van der Waals surface area contributed by atoms with Crippen molar-refractivity contribution in [3.63, 3.8) is 0 Å². The first kappa shape index (κ1) is 14.2. The van der Waals surface area contributed by atoms with E-state index in [9.17, 15) is 13.9 Å². The maximum absolute atomic E-state index is 13.5. The van der Waals surface area contributed by atoms with E-state index in [4.69, 9.17) is 4.42 Å². The molecule has 1 aromatic heterocycles. The number of phenols is 1. The topological polar surface area (TPSA) is 71.2 Å². The van der Waals surface area contributed by atoms with Crippen molar-refractivity contribution in [1.82, 2.24) is 10.2 Å². The van der Waals surface area contributed by atoms with Gasteiger partial charge in [-0.05, 0) is 18.6 Å². The van der Waals surface area contributed by atoms with Gasteiger partial charge in [-0.3, -0.25) is 0 Å². The summed E-state index contributed by atoms with van der Waals surface area (Å²) in [5, 5.41) is 19.4. The molecular formula is C13H15F2N3O2. The van der Waals surface area contributed by atoms with Gasteiger partial charge in [-0.1, -0.05) is 18.4 Å². The van der Waals surface area contributed by atoms with Crippen molar-refractivity contribution in [2.45, 2.75) is 32.7 Å². The zero-order valence-corrected chi connectivity index (χ0v) is 11.0. The van der Waals surface area contributed by atoms with Crippen LogP contribution < -0.4 is 5.32 Å². The maximum Gasteiger partial charge on any atom is 0.315 e. The van der Waals surface area contributed by atoms with E-state index in [-0.39, 0.29) is 18.1 Å². The van der Waals surface area contributed by atoms with E-state index >= 15 is 0 Å². The summed E-state index contributed by atoms with van der Waals surface area (Å²) >= 11 is 0. The van der Waals surface area contributed by atoms with Crippen molar-refractivity contribution in [2.24, 2.45) is 0 Å². The summed E-state index contributed by atoms with van der Waals surface area (Å²) in [6.07, 6.45) is 2.60. The Bertz CT molecular complexity index is 587. The number of phenolic OH excluding ortho intramolecular Hbond substituents is 1. The van der Waals surface area contributed by atoms with Crippen molar-refractivity contribution < 1.29 is 18.3 Å². The molecule has 1 heterocycles. The average molecular weight is 283 g/mol. The third-order valence-electron chi connectivity index (χ3n) is 2.79. The van der Waals surface area contributed by atoms with E-state index in [1.807, 2.05) is 6.92 Å². The lowest BCUT2D eigenvalue weighted by molar-refractivity contribution is 0.422. The molecule has 0 spiro atoms. The van der Waals surface area contributed by atoms with Crippen LogP contribution in [0.3, 0.4) is 0 Å². The van der Waals surface area contributed by atoms with Gasteiger partial charge in [0.1, 0.15) is 5.82 Å². The lowest BCUT2D eigenvalue weighted by atomic mass is 10.2. The molecule has 0 atom stereocenters. The van der Waals surface area contributed by atoms with Gasteiger partial charge in [0.05, 0.1) is 6.54 Å². The van der Waals surface area contributed by atoms with Gasteiger partial charge in [0.15, 0.2) is 11.6 Å². The number of aromatic nitrogens is 2. The summed E-state index contributed by atoms with van der Waals surface area (Å²) in [5.74, 6) is -1.87. The second kappa shape index (κ2) is 6.31. The van der Waals surface area contributed by atoms with E-state index in [0.717, 1.165) is 25.0 Å². The van der Waals surface area contributed by atoms with Crippen LogP contribution in [-0.4, -0.2) is 15.3 Å². The Balaban J connectivity index is 2.02. The Labute approximate surface area is 114 Å². The molecule has 2 rings (SSSR count). The first-order valence-corrected chi connectivity index (χ1v) is 6.34. The van der Waals surface area contributed by atoms with Crippen molar-refractivity contribution in [1.29, 1.82) is 0 Å². The van der Waals surface area contributed by atoms with E-state index in [1.54, 1.807) is 0 Å². The minimum atomic E-state index is -0.997. The molecule has 0 saturated heterocycles. The molecule has 2 aromatic rings. The highest BCUT2D eigenvalue weighted by atomic mass is 19.1. The highest BCUT2D eigenvalue weighted by Gasteiger charge is 2.14. The van der Waals surface area contributed by atoms with Crippen LogP contribution in [-0.2, 0) is 13.0 Å². The molecule has 0 aliphatic rings. The van der Waals surface area contributed by atoms with Crippen molar-refractivity contribution >= 4 is 6.01 Å². The number of nitrogens with one attached hydrogen (secondary N) is 1. The summed E-state index contributed by atoms with van der Waals surface area (Å²) < 4.78 is 32.3. The number of nitrogens with zero attached hydrogens (tertiary/aromatic N) is 2. The Morgan fingerprint density at radius 3 is 2.85 bits per heavy atom. The third-order valence-corrected chi connectivity index (χ3v) is 2.79. The van der Waals surface area contributed by atoms with Gasteiger partial charge >= 0.3 is 6.01 Å². The predicted octanol–water partition coefficient (Wildman–Crippen LogP) is 3.01. The number of hydrogen-bond acceptors (Lipinski definition) is 5. The van der Waals surface area contributed by atoms with Gasteiger partial charge in [0.2, 0.25) is 5.89 Å². The molecule has 1 aromatic carbocycles. The highest BCUT2D eigenvalue weighted by molar-refractivity contribution is 5.33. The van der Waals surface area contributed by atoms with Crippen LogP contribution >= 0.6 is 0 Å². The molecule has 7 heteroatoms. The normalized spacial score (nSPS) is 10.8. The van der Waals surface area contributed by atoms with Gasteiger partial charge in [-0.15, -0.1) is 5.10 Å². The summed E-state index contributed by atoms with van der Waals surface area (Å²) in [6.45, 7) is 1.85. The molecule has 20 heavy (non-hydrogen) atoms. The quantitative estimate of drug-likeness (QED) is 0.852. The molecule has 0 fully saturated rings. The average Bonchev–Trinajstić information content (AvgIpc) is 2.89. The SMILES string of the molecule is CCCCc1nnc(NCc2c(F)ccc(O)c2F)o1. The van der Waals surface area contributed by atoms with Crippen LogP contribution in [0.25, 0.3) is 0 Å². The van der Waals surface area contributed by atoms with Crippen molar-refractivity contribution in [3.8, 4) is 5.75 Å². The molecule has 0 aliphatic heterocycles. The molecule has 0 bridgehead atoms. The fourth-order valence-electron chi connectivity index (χ4n) is 1.67. The predicted molar refractivity (Wildman–Crippen MR) is 68.3 cm³/mol. The number of halogens is 2. The van der Waals surface area contributed by atoms with Crippen LogP contribution in [0.1, 0.15) is 31.2 Å². The van der Waals surface area contributed by atoms with Crippen molar-refractivity contribution in [2.75, 3.05) is 5.32 Å². The second-order valence-corrected chi connectivity index (χ2v) is 4.32. The minimum absolute atomic E-state index is 0.0956. The van der Waals surface area contributed by atoms with Crippen LogP contribution in [0, 0.1) is 11.6 Å². The minimum Gasteiger partial charge on any atom is -0.505 e. The number of anilines is 1. The van der Waals surface area contributed by atoms with Crippen LogP contribution in [0.4, 0.5) is 14.8 Å². The number of aryl methyl sites for hydroxylation is 1. The molecule has 0 radical (unpaired) electrons. The second-order valence-electron chi connectivity index (χ2n) is 4.32. The number of aromatic hydroxyl groups is 1. The van der Waals surface area contributed by atoms with E-state index in [1.165, 1.54) is 0 Å². The summed E-state index contributed by atoms with van der Waals surface area (Å²) in [7, 11) is 0. The molecule has 0 saturated carbocycles. The van der Waals surface area contributed by atoms with E-state index in [0.29, 0.717) is 12.3 Å². The number of unbranched alkanes of at least 4 members (excludes halogenated alkanes) is 1. The molecular weight excluding hydrogens is 268 g/mol. The third kappa shape index (κ3) is 3.23. The first-order chi connectivity index (χ1) is 9.61. The van der Waals surface area contributed by atoms with E-state index in [2.05, 4.69) is 15.5 Å². The zero-order chi connectivity index (χ0) is 14.5. The Kier molecular flexibility index (Phi) is 4.49. The summed E-state index contributed by atoms with van der Waals surface area (Å²) in [6, 6.07) is 2.05. The molecule has 108 valence electrons. The lowest BCUT2D eigenvalue weighted by Gasteiger charge is -2.06. The van der Waals surface area contributed by atoms with Crippen LogP contribution in [0.2, 0.25) is 0 Å². The zero-order valence-electron chi connectivity index (χ0n) is 11.0. The largest absolute Gasteiger partial charge is 0.505 e. The molecule has 2 N–H and O–H groups in total. The smallest absolute Gasteiger partial charge is 0.315 e. The highest BCUT2D eigenvalue weighted by Crippen LogP contribution is 2.22. The molecule has 5 nitrogen and oxygen atoms in total. The number of hydrogen-bond donors (Lipinski definition) is 2.